The fourth-order valence-electron chi connectivity index (χ4n) is 4.19. The van der Waals surface area contributed by atoms with Crippen molar-refractivity contribution < 1.29 is 9.53 Å². The minimum absolute atomic E-state index is 0.0307. The van der Waals surface area contributed by atoms with Crippen molar-refractivity contribution in [1.82, 2.24) is 14.9 Å². The molecule has 1 amide bonds. The molecule has 1 saturated carbocycles. The average molecular weight is 314 g/mol. The van der Waals surface area contributed by atoms with E-state index in [-0.39, 0.29) is 12.1 Å². The van der Waals surface area contributed by atoms with E-state index in [1.165, 1.54) is 18.4 Å². The number of nitrogens with zero attached hydrogens (tertiary/aromatic N) is 4. The van der Waals surface area contributed by atoms with Crippen LogP contribution in [-0.2, 0) is 9.53 Å². The lowest BCUT2D eigenvalue weighted by molar-refractivity contribution is -0.139. The van der Waals surface area contributed by atoms with E-state index in [0.29, 0.717) is 5.92 Å². The van der Waals surface area contributed by atoms with Crippen molar-refractivity contribution in [1.29, 1.82) is 0 Å². The smallest absolute Gasteiger partial charge is 0.257 e. The van der Waals surface area contributed by atoms with Gasteiger partial charge in [-0.15, -0.1) is 0 Å². The number of aromatic nitrogens is 2. The first-order valence-corrected chi connectivity index (χ1v) is 8.81. The molecule has 1 atom stereocenters. The Morgan fingerprint density at radius 3 is 2.48 bits per heavy atom. The zero-order chi connectivity index (χ0) is 15.4. The van der Waals surface area contributed by atoms with Gasteiger partial charge in [-0.3, -0.25) is 4.79 Å². The molecule has 5 rings (SSSR count). The first kappa shape index (κ1) is 13.7. The number of hydrogen-bond donors (Lipinski definition) is 0. The highest BCUT2D eigenvalue weighted by molar-refractivity contribution is 5.87. The number of hydrogen-bond acceptors (Lipinski definition) is 5. The maximum Gasteiger partial charge on any atom is 0.257 e. The summed E-state index contributed by atoms with van der Waals surface area (Å²) in [5.41, 5.74) is 0.687. The third-order valence-electron chi connectivity index (χ3n) is 5.77. The van der Waals surface area contributed by atoms with Crippen LogP contribution in [0.3, 0.4) is 0 Å². The molecule has 4 aliphatic rings. The number of carbonyl (C=O) groups excluding carboxylic acids is 1. The molecule has 4 fully saturated rings. The maximum absolute atomic E-state index is 12.7. The number of ether oxygens (including phenoxy) is 1. The molecule has 3 saturated heterocycles. The number of rotatable bonds is 2. The van der Waals surface area contributed by atoms with Crippen LogP contribution in [-0.4, -0.2) is 52.2 Å². The molecule has 23 heavy (non-hydrogen) atoms. The molecule has 6 heteroatoms. The van der Waals surface area contributed by atoms with Crippen molar-refractivity contribution in [3.63, 3.8) is 0 Å². The topological polar surface area (TPSA) is 58.6 Å². The third-order valence-corrected chi connectivity index (χ3v) is 5.77. The van der Waals surface area contributed by atoms with Gasteiger partial charge >= 0.3 is 0 Å². The summed E-state index contributed by atoms with van der Waals surface area (Å²) in [6.45, 7) is 2.44. The predicted octanol–water partition coefficient (Wildman–Crippen LogP) is 1.67. The van der Waals surface area contributed by atoms with Gasteiger partial charge < -0.3 is 14.5 Å². The van der Waals surface area contributed by atoms with Crippen molar-refractivity contribution in [2.75, 3.05) is 24.5 Å². The van der Waals surface area contributed by atoms with E-state index in [4.69, 9.17) is 4.74 Å². The lowest BCUT2D eigenvalue weighted by atomic mass is 9.90. The number of amides is 1. The molecule has 0 N–H and O–H groups in total. The van der Waals surface area contributed by atoms with Crippen LogP contribution in [0.5, 0.6) is 0 Å². The second kappa shape index (κ2) is 4.90. The largest absolute Gasteiger partial charge is 0.342 e. The Morgan fingerprint density at radius 2 is 1.83 bits per heavy atom. The van der Waals surface area contributed by atoms with Crippen LogP contribution in [0.25, 0.3) is 0 Å². The summed E-state index contributed by atoms with van der Waals surface area (Å²) in [7, 11) is 0. The van der Waals surface area contributed by atoms with Crippen molar-refractivity contribution in [3.8, 4) is 0 Å². The molecule has 1 aromatic rings. The second-order valence-corrected chi connectivity index (χ2v) is 7.29. The first-order valence-electron chi connectivity index (χ1n) is 8.81. The van der Waals surface area contributed by atoms with Gasteiger partial charge in [0, 0.05) is 44.9 Å². The summed E-state index contributed by atoms with van der Waals surface area (Å²) in [6, 6.07) is 0. The van der Waals surface area contributed by atoms with Crippen molar-refractivity contribution in [2.45, 2.75) is 56.3 Å². The minimum atomic E-state index is -0.574. The van der Waals surface area contributed by atoms with Crippen LogP contribution in [0.1, 0.15) is 50.0 Å². The van der Waals surface area contributed by atoms with Gasteiger partial charge in [-0.05, 0) is 37.2 Å². The highest BCUT2D eigenvalue weighted by Gasteiger charge is 2.55. The molecule has 122 valence electrons. The van der Waals surface area contributed by atoms with Crippen LogP contribution < -0.4 is 4.90 Å². The first-order chi connectivity index (χ1) is 11.3. The van der Waals surface area contributed by atoms with Gasteiger partial charge in [0.1, 0.15) is 6.23 Å². The Morgan fingerprint density at radius 1 is 1.09 bits per heavy atom. The van der Waals surface area contributed by atoms with Crippen molar-refractivity contribution >= 4 is 11.9 Å². The summed E-state index contributed by atoms with van der Waals surface area (Å²) in [6.07, 6.45) is 10.1. The van der Waals surface area contributed by atoms with Gasteiger partial charge in [0.05, 0.1) is 0 Å². The lowest BCUT2D eigenvalue weighted by Crippen LogP contribution is -2.50. The zero-order valence-electron chi connectivity index (χ0n) is 13.3. The van der Waals surface area contributed by atoms with Crippen LogP contribution >= 0.6 is 0 Å². The Labute approximate surface area is 135 Å². The molecule has 0 aromatic carbocycles. The molecular weight excluding hydrogens is 292 g/mol. The summed E-state index contributed by atoms with van der Waals surface area (Å²) in [5, 5.41) is 0. The van der Waals surface area contributed by atoms with Gasteiger partial charge in [0.25, 0.3) is 5.91 Å². The number of anilines is 1. The predicted molar refractivity (Wildman–Crippen MR) is 84.0 cm³/mol. The van der Waals surface area contributed by atoms with Gasteiger partial charge in [-0.25, -0.2) is 9.97 Å². The van der Waals surface area contributed by atoms with E-state index in [2.05, 4.69) is 14.9 Å². The molecule has 0 radical (unpaired) electrons. The Balaban J connectivity index is 1.28. The monoisotopic (exact) mass is 314 g/mol. The fraction of sp³-hybridized carbons (Fsp3) is 0.706. The third kappa shape index (κ3) is 2.15. The summed E-state index contributed by atoms with van der Waals surface area (Å²) in [4.78, 5) is 25.9. The van der Waals surface area contributed by atoms with Crippen LogP contribution in [0.4, 0.5) is 5.95 Å². The van der Waals surface area contributed by atoms with E-state index in [1.807, 2.05) is 17.3 Å². The Kier molecular flexibility index (Phi) is 2.92. The van der Waals surface area contributed by atoms with Crippen molar-refractivity contribution in [3.05, 3.63) is 18.0 Å². The molecule has 1 aromatic heterocycles. The van der Waals surface area contributed by atoms with Gasteiger partial charge in [0.2, 0.25) is 5.95 Å². The SMILES string of the molecule is O=C1N2CCCC2OC12CCN(c1ncc(C3CC3)cn1)CC2. The highest BCUT2D eigenvalue weighted by atomic mass is 16.6. The maximum atomic E-state index is 12.7. The molecule has 4 heterocycles. The van der Waals surface area contributed by atoms with E-state index in [0.717, 1.165) is 51.3 Å². The minimum Gasteiger partial charge on any atom is -0.342 e. The molecular formula is C17H22N4O2. The van der Waals surface area contributed by atoms with E-state index >= 15 is 0 Å². The highest BCUT2D eigenvalue weighted by Crippen LogP contribution is 2.41. The van der Waals surface area contributed by atoms with E-state index in [9.17, 15) is 4.79 Å². The molecule has 1 aliphatic carbocycles. The van der Waals surface area contributed by atoms with Crippen LogP contribution in [0.2, 0.25) is 0 Å². The average Bonchev–Trinajstić information content (AvgIpc) is 3.29. The van der Waals surface area contributed by atoms with Crippen LogP contribution in [0.15, 0.2) is 12.4 Å². The summed E-state index contributed by atoms with van der Waals surface area (Å²) < 4.78 is 6.18. The zero-order valence-corrected chi connectivity index (χ0v) is 13.3. The van der Waals surface area contributed by atoms with Gasteiger partial charge in [-0.2, -0.15) is 0 Å². The lowest BCUT2D eigenvalue weighted by Gasteiger charge is -2.37. The summed E-state index contributed by atoms with van der Waals surface area (Å²) in [5.74, 6) is 1.69. The molecule has 6 nitrogen and oxygen atoms in total. The molecule has 0 bridgehead atoms. The molecule has 3 aliphatic heterocycles. The number of piperidine rings is 1. The quantitative estimate of drug-likeness (QED) is 0.831. The van der Waals surface area contributed by atoms with E-state index < -0.39 is 5.60 Å². The van der Waals surface area contributed by atoms with E-state index in [1.54, 1.807) is 0 Å². The fourth-order valence-corrected chi connectivity index (χ4v) is 4.19. The number of fused-ring (bicyclic) bond motifs is 1. The molecule has 1 spiro atoms. The van der Waals surface area contributed by atoms with Gasteiger partial charge in [-0.1, -0.05) is 0 Å². The number of carbonyl (C=O) groups is 1. The van der Waals surface area contributed by atoms with Gasteiger partial charge in [0.15, 0.2) is 5.60 Å². The van der Waals surface area contributed by atoms with Crippen molar-refractivity contribution in [2.24, 2.45) is 0 Å². The van der Waals surface area contributed by atoms with Crippen LogP contribution in [0, 0.1) is 0 Å². The standard InChI is InChI=1S/C17H22N4O2/c22-15-17(23-14-2-1-7-21(14)15)5-8-20(9-6-17)16-18-10-13(11-19-16)12-3-4-12/h10-12,14H,1-9H2. The Bertz CT molecular complexity index is 620. The second-order valence-electron chi connectivity index (χ2n) is 7.29. The molecule has 1 unspecified atom stereocenters. The normalized spacial score (nSPS) is 29.4. The summed E-state index contributed by atoms with van der Waals surface area (Å²) >= 11 is 0. The Hall–Kier alpha value is -1.69.